The minimum atomic E-state index is -0.172. The molecule has 0 atom stereocenters. The number of aliphatic hydroxyl groups is 1. The molecule has 0 spiro atoms. The smallest absolute Gasteiger partial charge is 0.235 e. The Morgan fingerprint density at radius 2 is 2.00 bits per heavy atom. The highest BCUT2D eigenvalue weighted by atomic mass is 35.5. The molecule has 0 bridgehead atoms. The number of halogens is 1. The largest absolute Gasteiger partial charge is 0.393 e. The molecule has 70 valence electrons. The van der Waals surface area contributed by atoms with Gasteiger partial charge in [0.2, 0.25) is 5.91 Å². The summed E-state index contributed by atoms with van der Waals surface area (Å²) >= 11 is 5.34. The van der Waals surface area contributed by atoms with Crippen LogP contribution in [0.2, 0.25) is 0 Å². The molecular weight excluding hydrogens is 178 g/mol. The third kappa shape index (κ3) is 2.99. The molecule has 0 unspecified atom stereocenters. The molecule has 2 N–H and O–H groups in total. The van der Waals surface area contributed by atoms with E-state index in [0.29, 0.717) is 0 Å². The van der Waals surface area contributed by atoms with Gasteiger partial charge in [0.25, 0.3) is 0 Å². The van der Waals surface area contributed by atoms with Gasteiger partial charge in [-0.2, -0.15) is 0 Å². The molecule has 1 amide bonds. The molecule has 0 aromatic rings. The molecule has 1 aliphatic carbocycles. The maximum absolute atomic E-state index is 10.9. The molecule has 3 nitrogen and oxygen atoms in total. The van der Waals surface area contributed by atoms with Crippen molar-refractivity contribution in [3.63, 3.8) is 0 Å². The molecule has 4 heteroatoms. The van der Waals surface area contributed by atoms with Gasteiger partial charge in [-0.3, -0.25) is 4.79 Å². The number of aliphatic hydroxyl groups excluding tert-OH is 1. The predicted octanol–water partition coefficient (Wildman–Crippen LogP) is 0.645. The third-order valence-corrected chi connectivity index (χ3v) is 2.43. The fourth-order valence-corrected chi connectivity index (χ4v) is 1.56. The molecule has 1 rings (SSSR count). The van der Waals surface area contributed by atoms with Gasteiger partial charge in [0, 0.05) is 6.04 Å². The molecule has 0 aliphatic heterocycles. The molecule has 1 fully saturated rings. The van der Waals surface area contributed by atoms with E-state index >= 15 is 0 Å². The summed E-state index contributed by atoms with van der Waals surface area (Å²) in [6.07, 6.45) is 3.13. The van der Waals surface area contributed by atoms with Gasteiger partial charge in [-0.1, -0.05) is 0 Å². The van der Waals surface area contributed by atoms with E-state index in [1.165, 1.54) is 0 Å². The summed E-state index contributed by atoms with van der Waals surface area (Å²) in [6, 6.07) is 0.222. The van der Waals surface area contributed by atoms with Crippen LogP contribution in [-0.4, -0.2) is 29.0 Å². The van der Waals surface area contributed by atoms with Crippen molar-refractivity contribution >= 4 is 17.5 Å². The van der Waals surface area contributed by atoms with Crippen LogP contribution < -0.4 is 5.32 Å². The van der Waals surface area contributed by atoms with Crippen molar-refractivity contribution in [3.8, 4) is 0 Å². The molecule has 12 heavy (non-hydrogen) atoms. The lowest BCUT2D eigenvalue weighted by Crippen LogP contribution is -2.39. The third-order valence-electron chi connectivity index (χ3n) is 2.18. The van der Waals surface area contributed by atoms with Crippen molar-refractivity contribution in [2.75, 3.05) is 5.88 Å². The molecular formula is C8H14ClNO2. The highest BCUT2D eigenvalue weighted by molar-refractivity contribution is 6.27. The van der Waals surface area contributed by atoms with Crippen molar-refractivity contribution in [3.05, 3.63) is 0 Å². The number of carbonyl (C=O) groups excluding carboxylic acids is 1. The Morgan fingerprint density at radius 1 is 1.42 bits per heavy atom. The summed E-state index contributed by atoms with van der Waals surface area (Å²) in [7, 11) is 0. The van der Waals surface area contributed by atoms with Crippen LogP contribution in [0.5, 0.6) is 0 Å². The Hall–Kier alpha value is -0.280. The molecule has 0 aromatic carbocycles. The highest BCUT2D eigenvalue weighted by Crippen LogP contribution is 2.17. The topological polar surface area (TPSA) is 49.3 Å². The fraction of sp³-hybridized carbons (Fsp3) is 0.875. The molecule has 0 radical (unpaired) electrons. The lowest BCUT2D eigenvalue weighted by molar-refractivity contribution is -0.119. The maximum Gasteiger partial charge on any atom is 0.235 e. The van der Waals surface area contributed by atoms with E-state index in [4.69, 9.17) is 11.6 Å². The summed E-state index contributed by atoms with van der Waals surface area (Å²) in [4.78, 5) is 10.9. The number of alkyl halides is 1. The van der Waals surface area contributed by atoms with E-state index in [-0.39, 0.29) is 23.9 Å². The Morgan fingerprint density at radius 3 is 2.50 bits per heavy atom. The van der Waals surface area contributed by atoms with Crippen molar-refractivity contribution in [1.29, 1.82) is 0 Å². The Kier molecular flexibility index (Phi) is 3.82. The maximum atomic E-state index is 10.9. The van der Waals surface area contributed by atoms with Crippen LogP contribution in [0.3, 0.4) is 0 Å². The van der Waals surface area contributed by atoms with Gasteiger partial charge in [0.15, 0.2) is 0 Å². The number of hydrogen-bond donors (Lipinski definition) is 2. The number of carbonyl (C=O) groups is 1. The van der Waals surface area contributed by atoms with Crippen molar-refractivity contribution < 1.29 is 9.90 Å². The first-order chi connectivity index (χ1) is 5.72. The van der Waals surface area contributed by atoms with Crippen molar-refractivity contribution in [1.82, 2.24) is 5.32 Å². The minimum Gasteiger partial charge on any atom is -0.393 e. The molecule has 0 heterocycles. The van der Waals surface area contributed by atoms with E-state index in [1.807, 2.05) is 0 Å². The molecule has 0 saturated heterocycles. The number of nitrogens with one attached hydrogen (secondary N) is 1. The molecule has 1 aliphatic rings. The standard InChI is InChI=1S/C8H14ClNO2/c9-5-8(12)10-6-1-3-7(11)4-2-6/h6-7,11H,1-5H2,(H,10,12)/t6-,7-. The van der Waals surface area contributed by atoms with E-state index in [9.17, 15) is 9.90 Å². The van der Waals surface area contributed by atoms with Crippen molar-refractivity contribution in [2.45, 2.75) is 37.8 Å². The van der Waals surface area contributed by atoms with E-state index in [2.05, 4.69) is 5.32 Å². The summed E-state index contributed by atoms with van der Waals surface area (Å²) in [6.45, 7) is 0. The average molecular weight is 192 g/mol. The van der Waals surface area contributed by atoms with Gasteiger partial charge in [0.1, 0.15) is 5.88 Å². The van der Waals surface area contributed by atoms with E-state index in [0.717, 1.165) is 25.7 Å². The zero-order chi connectivity index (χ0) is 8.97. The number of amides is 1. The van der Waals surface area contributed by atoms with Gasteiger partial charge < -0.3 is 10.4 Å². The second-order valence-electron chi connectivity index (χ2n) is 3.21. The number of rotatable bonds is 2. The summed E-state index contributed by atoms with van der Waals surface area (Å²) in [5.41, 5.74) is 0. The monoisotopic (exact) mass is 191 g/mol. The lowest BCUT2D eigenvalue weighted by atomic mass is 9.93. The van der Waals surface area contributed by atoms with Crippen molar-refractivity contribution in [2.24, 2.45) is 0 Å². The van der Waals surface area contributed by atoms with Gasteiger partial charge >= 0.3 is 0 Å². The van der Waals surface area contributed by atoms with Crippen LogP contribution in [0.25, 0.3) is 0 Å². The Bertz CT molecular complexity index is 155. The summed E-state index contributed by atoms with van der Waals surface area (Å²) < 4.78 is 0. The van der Waals surface area contributed by atoms with Gasteiger partial charge in [-0.15, -0.1) is 11.6 Å². The first-order valence-corrected chi connectivity index (χ1v) is 4.79. The Balaban J connectivity index is 2.21. The SMILES string of the molecule is O=C(CCl)N[C@H]1CC[C@H](O)CC1. The van der Waals surface area contributed by atoms with Crippen LogP contribution in [0.4, 0.5) is 0 Å². The Labute approximate surface area is 77.1 Å². The number of hydrogen-bond acceptors (Lipinski definition) is 2. The fourth-order valence-electron chi connectivity index (χ4n) is 1.49. The first-order valence-electron chi connectivity index (χ1n) is 4.25. The predicted molar refractivity (Wildman–Crippen MR) is 47.1 cm³/mol. The molecule has 1 saturated carbocycles. The van der Waals surface area contributed by atoms with Gasteiger partial charge in [0.05, 0.1) is 6.10 Å². The first kappa shape index (κ1) is 9.81. The normalized spacial score (nSPS) is 29.8. The summed E-state index contributed by atoms with van der Waals surface area (Å²) in [5, 5.41) is 12.0. The highest BCUT2D eigenvalue weighted by Gasteiger charge is 2.19. The quantitative estimate of drug-likeness (QED) is 0.630. The van der Waals surface area contributed by atoms with E-state index < -0.39 is 0 Å². The molecule has 0 aromatic heterocycles. The van der Waals surface area contributed by atoms with Crippen LogP contribution in [0.15, 0.2) is 0 Å². The van der Waals surface area contributed by atoms with E-state index in [1.54, 1.807) is 0 Å². The van der Waals surface area contributed by atoms with Crippen LogP contribution in [0, 0.1) is 0 Å². The lowest BCUT2D eigenvalue weighted by Gasteiger charge is -2.25. The summed E-state index contributed by atoms with van der Waals surface area (Å²) in [5.74, 6) is -0.0861. The minimum absolute atomic E-state index is 0.0268. The zero-order valence-corrected chi connectivity index (χ0v) is 7.68. The second kappa shape index (κ2) is 4.67. The average Bonchev–Trinajstić information content (AvgIpc) is 2.09. The zero-order valence-electron chi connectivity index (χ0n) is 6.92. The van der Waals surface area contributed by atoms with Gasteiger partial charge in [-0.25, -0.2) is 0 Å². The second-order valence-corrected chi connectivity index (χ2v) is 3.47. The van der Waals surface area contributed by atoms with Crippen LogP contribution in [0.1, 0.15) is 25.7 Å². The van der Waals surface area contributed by atoms with Gasteiger partial charge in [-0.05, 0) is 25.7 Å². The van der Waals surface area contributed by atoms with Crippen LogP contribution >= 0.6 is 11.6 Å². The van der Waals surface area contributed by atoms with Crippen LogP contribution in [-0.2, 0) is 4.79 Å².